The highest BCUT2D eigenvalue weighted by Crippen LogP contribution is 2.19. The smallest absolute Gasteiger partial charge is 0.185 e. The van der Waals surface area contributed by atoms with Crippen molar-refractivity contribution in [2.24, 2.45) is 5.73 Å². The fourth-order valence-electron chi connectivity index (χ4n) is 1.31. The largest absolute Gasteiger partial charge is 0.394 e. The van der Waals surface area contributed by atoms with Crippen LogP contribution in [-0.4, -0.2) is 59.7 Å². The molecule has 0 spiro atoms. The lowest BCUT2D eigenvalue weighted by atomic mass is 9.97. The van der Waals surface area contributed by atoms with Gasteiger partial charge in [-0.05, 0) is 0 Å². The minimum atomic E-state index is -1.08. The van der Waals surface area contributed by atoms with Crippen LogP contribution in [0, 0.1) is 0 Å². The average molecular weight is 193 g/mol. The number of rotatable bonds is 2. The molecule has 6 nitrogen and oxygen atoms in total. The molecule has 78 valence electrons. The van der Waals surface area contributed by atoms with E-state index in [2.05, 4.69) is 0 Å². The van der Waals surface area contributed by atoms with E-state index in [4.69, 9.17) is 20.3 Å². The highest BCUT2D eigenvalue weighted by molar-refractivity contribution is 4.91. The third-order valence-corrected chi connectivity index (χ3v) is 2.17. The van der Waals surface area contributed by atoms with Crippen molar-refractivity contribution in [2.45, 2.75) is 30.6 Å². The van der Waals surface area contributed by atoms with Crippen molar-refractivity contribution >= 4 is 0 Å². The van der Waals surface area contributed by atoms with E-state index in [-0.39, 0.29) is 6.61 Å². The summed E-state index contributed by atoms with van der Waals surface area (Å²) in [7, 11) is 1.35. The first-order valence-electron chi connectivity index (χ1n) is 4.02. The van der Waals surface area contributed by atoms with Crippen LogP contribution in [0.2, 0.25) is 0 Å². The molecule has 1 saturated heterocycles. The van der Waals surface area contributed by atoms with Crippen molar-refractivity contribution < 1.29 is 24.8 Å². The minimum Gasteiger partial charge on any atom is -0.394 e. The fourth-order valence-corrected chi connectivity index (χ4v) is 1.31. The Labute approximate surface area is 75.9 Å². The number of aliphatic hydroxyl groups is 3. The Morgan fingerprint density at radius 3 is 2.46 bits per heavy atom. The van der Waals surface area contributed by atoms with Gasteiger partial charge < -0.3 is 30.5 Å². The second-order valence-corrected chi connectivity index (χ2v) is 3.02. The van der Waals surface area contributed by atoms with Crippen molar-refractivity contribution in [1.82, 2.24) is 0 Å². The zero-order chi connectivity index (χ0) is 10.0. The Morgan fingerprint density at radius 2 is 2.00 bits per heavy atom. The number of ether oxygens (including phenoxy) is 2. The monoisotopic (exact) mass is 193 g/mol. The normalized spacial score (nSPS) is 46.4. The third kappa shape index (κ3) is 1.98. The molecule has 0 bridgehead atoms. The van der Waals surface area contributed by atoms with Crippen molar-refractivity contribution in [3.8, 4) is 0 Å². The zero-order valence-electron chi connectivity index (χ0n) is 7.33. The first-order chi connectivity index (χ1) is 6.11. The molecule has 1 heterocycles. The third-order valence-electron chi connectivity index (χ3n) is 2.17. The van der Waals surface area contributed by atoms with E-state index in [9.17, 15) is 10.2 Å². The van der Waals surface area contributed by atoms with Crippen LogP contribution in [0.4, 0.5) is 0 Å². The lowest BCUT2D eigenvalue weighted by Gasteiger charge is -2.39. The summed E-state index contributed by atoms with van der Waals surface area (Å²) in [5.41, 5.74) is 5.48. The van der Waals surface area contributed by atoms with Gasteiger partial charge in [0, 0.05) is 7.11 Å². The van der Waals surface area contributed by atoms with Crippen LogP contribution in [0.15, 0.2) is 0 Å². The molecule has 6 heteroatoms. The molecule has 0 amide bonds. The topological polar surface area (TPSA) is 105 Å². The quantitative estimate of drug-likeness (QED) is 0.383. The second kappa shape index (κ2) is 4.32. The van der Waals surface area contributed by atoms with Gasteiger partial charge in [-0.1, -0.05) is 0 Å². The molecule has 0 aromatic heterocycles. The Balaban J connectivity index is 2.66. The minimum absolute atomic E-state index is 0.360. The first kappa shape index (κ1) is 10.8. The molecule has 5 N–H and O–H groups in total. The van der Waals surface area contributed by atoms with Gasteiger partial charge >= 0.3 is 0 Å². The molecule has 0 unspecified atom stereocenters. The van der Waals surface area contributed by atoms with Gasteiger partial charge in [0.2, 0.25) is 0 Å². The fraction of sp³-hybridized carbons (Fsp3) is 1.00. The molecule has 0 radical (unpaired) electrons. The molecule has 5 atom stereocenters. The van der Waals surface area contributed by atoms with Gasteiger partial charge in [0.15, 0.2) is 6.29 Å². The molecule has 0 aromatic carbocycles. The van der Waals surface area contributed by atoms with E-state index in [0.717, 1.165) is 0 Å². The van der Waals surface area contributed by atoms with E-state index >= 15 is 0 Å². The van der Waals surface area contributed by atoms with Gasteiger partial charge in [0.1, 0.15) is 18.3 Å². The lowest BCUT2D eigenvalue weighted by molar-refractivity contribution is -0.267. The summed E-state index contributed by atoms with van der Waals surface area (Å²) in [4.78, 5) is 0. The maximum atomic E-state index is 9.40. The number of nitrogens with two attached hydrogens (primary N) is 1. The van der Waals surface area contributed by atoms with Crippen molar-refractivity contribution in [1.29, 1.82) is 0 Å². The van der Waals surface area contributed by atoms with Crippen LogP contribution in [0.5, 0.6) is 0 Å². The molecular formula is C7H15NO5. The Bertz CT molecular complexity index is 147. The summed E-state index contributed by atoms with van der Waals surface area (Å²) in [5, 5.41) is 27.6. The molecule has 1 fully saturated rings. The van der Waals surface area contributed by atoms with Gasteiger partial charge in [0.25, 0.3) is 0 Å². The number of aliphatic hydroxyl groups excluding tert-OH is 3. The highest BCUT2D eigenvalue weighted by atomic mass is 16.7. The predicted molar refractivity (Wildman–Crippen MR) is 42.7 cm³/mol. The van der Waals surface area contributed by atoms with Crippen molar-refractivity contribution in [2.75, 3.05) is 13.7 Å². The van der Waals surface area contributed by atoms with E-state index in [0.29, 0.717) is 0 Å². The van der Waals surface area contributed by atoms with Crippen LogP contribution in [0.1, 0.15) is 0 Å². The Kier molecular flexibility index (Phi) is 3.60. The first-order valence-corrected chi connectivity index (χ1v) is 4.02. The van der Waals surface area contributed by atoms with Crippen LogP contribution in [-0.2, 0) is 9.47 Å². The van der Waals surface area contributed by atoms with E-state index in [1.165, 1.54) is 7.11 Å². The molecule has 0 saturated carbocycles. The van der Waals surface area contributed by atoms with E-state index in [1.807, 2.05) is 0 Å². The van der Waals surface area contributed by atoms with Gasteiger partial charge in [-0.15, -0.1) is 0 Å². The molecule has 0 aliphatic carbocycles. The summed E-state index contributed by atoms with van der Waals surface area (Å²) >= 11 is 0. The van der Waals surface area contributed by atoms with Crippen LogP contribution in [0.3, 0.4) is 0 Å². The maximum Gasteiger partial charge on any atom is 0.185 e. The zero-order valence-corrected chi connectivity index (χ0v) is 7.33. The number of hydrogen-bond acceptors (Lipinski definition) is 6. The number of hydrogen-bond donors (Lipinski definition) is 4. The second-order valence-electron chi connectivity index (χ2n) is 3.02. The van der Waals surface area contributed by atoms with Crippen molar-refractivity contribution in [3.05, 3.63) is 0 Å². The predicted octanol–water partition coefficient (Wildman–Crippen LogP) is -2.60. The Hall–Kier alpha value is -0.240. The summed E-state index contributed by atoms with van der Waals surface area (Å²) in [6, 6.07) is -0.865. The summed E-state index contributed by atoms with van der Waals surface area (Å²) in [6.07, 6.45) is -3.85. The van der Waals surface area contributed by atoms with Gasteiger partial charge in [0.05, 0.1) is 12.6 Å². The summed E-state index contributed by atoms with van der Waals surface area (Å²) < 4.78 is 9.81. The standard InChI is InChI=1S/C7H15NO5/c1-12-7-6(11)4(8)5(10)3(2-9)13-7/h3-7,9-11H,2,8H2,1H3/t3-,4-,5+,6-,7-/m1/s1. The maximum absolute atomic E-state index is 9.40. The van der Waals surface area contributed by atoms with Gasteiger partial charge in [-0.2, -0.15) is 0 Å². The molecular weight excluding hydrogens is 178 g/mol. The number of methoxy groups -OCH3 is 1. The molecule has 1 aliphatic rings. The van der Waals surface area contributed by atoms with Gasteiger partial charge in [-0.25, -0.2) is 0 Å². The highest BCUT2D eigenvalue weighted by Gasteiger charge is 2.42. The summed E-state index contributed by atoms with van der Waals surface area (Å²) in [5.74, 6) is 0. The average Bonchev–Trinajstić information content (AvgIpc) is 2.15. The van der Waals surface area contributed by atoms with Crippen LogP contribution < -0.4 is 5.73 Å². The van der Waals surface area contributed by atoms with Gasteiger partial charge in [-0.3, -0.25) is 0 Å². The molecule has 1 rings (SSSR count). The Morgan fingerprint density at radius 1 is 1.38 bits per heavy atom. The van der Waals surface area contributed by atoms with Crippen molar-refractivity contribution in [3.63, 3.8) is 0 Å². The SMILES string of the molecule is CO[C@@H]1O[C@H](CO)[C@H](O)[C@@H](N)[C@H]1O. The summed E-state index contributed by atoms with van der Waals surface area (Å²) in [6.45, 7) is -0.360. The molecule has 0 aromatic rings. The lowest BCUT2D eigenvalue weighted by Crippen LogP contribution is -2.62. The van der Waals surface area contributed by atoms with Crippen LogP contribution >= 0.6 is 0 Å². The van der Waals surface area contributed by atoms with E-state index in [1.54, 1.807) is 0 Å². The molecule has 13 heavy (non-hydrogen) atoms. The van der Waals surface area contributed by atoms with Crippen LogP contribution in [0.25, 0.3) is 0 Å². The molecule has 1 aliphatic heterocycles. The van der Waals surface area contributed by atoms with E-state index < -0.39 is 30.6 Å².